The lowest BCUT2D eigenvalue weighted by Crippen LogP contribution is -2.25. The van der Waals surface area contributed by atoms with Crippen LogP contribution in [0.1, 0.15) is 26.2 Å². The quantitative estimate of drug-likeness (QED) is 0.487. The number of allylic oxidation sites excluding steroid dienone is 2. The van der Waals surface area contributed by atoms with Gasteiger partial charge in [0, 0.05) is 13.1 Å². The Morgan fingerprint density at radius 2 is 2.36 bits per heavy atom. The van der Waals surface area contributed by atoms with Gasteiger partial charge in [0.15, 0.2) is 0 Å². The van der Waals surface area contributed by atoms with E-state index in [1.54, 1.807) is 0 Å². The molecule has 0 bridgehead atoms. The summed E-state index contributed by atoms with van der Waals surface area (Å²) in [5.74, 6) is 0. The minimum Gasteiger partial charge on any atom is -0.299 e. The van der Waals surface area contributed by atoms with Crippen LogP contribution in [0.25, 0.3) is 0 Å². The van der Waals surface area contributed by atoms with Gasteiger partial charge in [-0.25, -0.2) is 0 Å². The van der Waals surface area contributed by atoms with Crippen molar-refractivity contribution in [2.75, 3.05) is 19.6 Å². The van der Waals surface area contributed by atoms with Crippen molar-refractivity contribution in [2.24, 2.45) is 0 Å². The molecule has 14 heavy (non-hydrogen) atoms. The Morgan fingerprint density at radius 3 is 3.07 bits per heavy atom. The molecule has 1 aliphatic heterocycles. The van der Waals surface area contributed by atoms with Crippen LogP contribution in [-0.4, -0.2) is 24.5 Å². The molecule has 0 radical (unpaired) electrons. The van der Waals surface area contributed by atoms with E-state index in [4.69, 9.17) is 0 Å². The Hall–Kier alpha value is -0.820. The molecular formula is C13H21N. The molecule has 0 saturated carbocycles. The number of likely N-dealkylation sites (N-methyl/N-ethyl adjacent to an activating group) is 1. The van der Waals surface area contributed by atoms with Gasteiger partial charge in [-0.1, -0.05) is 31.2 Å². The zero-order chi connectivity index (χ0) is 10.2. The molecule has 0 aliphatic carbocycles. The molecule has 0 aromatic rings. The largest absolute Gasteiger partial charge is 0.299 e. The van der Waals surface area contributed by atoms with Gasteiger partial charge in [0.05, 0.1) is 0 Å². The third kappa shape index (κ3) is 3.93. The molecule has 0 atom stereocenters. The summed E-state index contributed by atoms with van der Waals surface area (Å²) in [5, 5.41) is 0. The Morgan fingerprint density at radius 1 is 1.50 bits per heavy atom. The second-order valence-electron chi connectivity index (χ2n) is 3.70. The fourth-order valence-electron chi connectivity index (χ4n) is 1.67. The summed E-state index contributed by atoms with van der Waals surface area (Å²) in [5.41, 5.74) is 1.46. The van der Waals surface area contributed by atoms with Gasteiger partial charge in [-0.05, 0) is 31.4 Å². The van der Waals surface area contributed by atoms with Crippen LogP contribution in [0.5, 0.6) is 0 Å². The first-order chi connectivity index (χ1) is 6.86. The van der Waals surface area contributed by atoms with Gasteiger partial charge in [-0.15, -0.1) is 6.58 Å². The van der Waals surface area contributed by atoms with Crippen LogP contribution < -0.4 is 0 Å². The molecule has 1 heterocycles. The maximum atomic E-state index is 3.74. The highest BCUT2D eigenvalue weighted by molar-refractivity contribution is 5.21. The summed E-state index contributed by atoms with van der Waals surface area (Å²) in [4.78, 5) is 2.49. The Labute approximate surface area is 87.8 Å². The monoisotopic (exact) mass is 191 g/mol. The molecule has 1 heteroatoms. The van der Waals surface area contributed by atoms with E-state index in [1.807, 2.05) is 6.08 Å². The Balaban J connectivity index is 2.48. The Bertz CT molecular complexity index is 225. The average Bonchev–Trinajstić information content (AvgIpc) is 2.43. The van der Waals surface area contributed by atoms with Gasteiger partial charge in [-0.3, -0.25) is 4.90 Å². The lowest BCUT2D eigenvalue weighted by Gasteiger charge is -2.17. The van der Waals surface area contributed by atoms with Crippen LogP contribution in [0.15, 0.2) is 36.5 Å². The van der Waals surface area contributed by atoms with Crippen molar-refractivity contribution in [1.82, 2.24) is 4.90 Å². The maximum absolute atomic E-state index is 3.74. The third-order valence-electron chi connectivity index (χ3n) is 2.57. The van der Waals surface area contributed by atoms with E-state index in [9.17, 15) is 0 Å². The van der Waals surface area contributed by atoms with Crippen LogP contribution in [-0.2, 0) is 0 Å². The molecule has 0 saturated heterocycles. The highest BCUT2D eigenvalue weighted by Crippen LogP contribution is 2.09. The zero-order valence-electron chi connectivity index (χ0n) is 9.21. The summed E-state index contributed by atoms with van der Waals surface area (Å²) < 4.78 is 0. The number of unbranched alkanes of at least 4 members (excludes halogenated alkanes) is 1. The van der Waals surface area contributed by atoms with Gasteiger partial charge >= 0.3 is 0 Å². The van der Waals surface area contributed by atoms with Crippen LogP contribution in [0.2, 0.25) is 0 Å². The molecular weight excluding hydrogens is 170 g/mol. The minimum atomic E-state index is 1.09. The fraction of sp³-hybridized carbons (Fsp3) is 0.538. The molecule has 1 aliphatic rings. The molecule has 0 N–H and O–H groups in total. The SMILES string of the molecule is C=CCC/C=C1\C=CCCN(CC)C1. The Kier molecular flexibility index (Phi) is 5.31. The van der Waals surface area contributed by atoms with E-state index in [0.717, 1.165) is 25.9 Å². The smallest absolute Gasteiger partial charge is 0.0230 e. The van der Waals surface area contributed by atoms with Crippen molar-refractivity contribution < 1.29 is 0 Å². The summed E-state index contributed by atoms with van der Waals surface area (Å²) in [6.07, 6.45) is 12.3. The average molecular weight is 191 g/mol. The van der Waals surface area contributed by atoms with Gasteiger partial charge in [0.25, 0.3) is 0 Å². The van der Waals surface area contributed by atoms with E-state index in [0.29, 0.717) is 0 Å². The molecule has 0 amide bonds. The van der Waals surface area contributed by atoms with Crippen LogP contribution in [0.3, 0.4) is 0 Å². The summed E-state index contributed by atoms with van der Waals surface area (Å²) >= 11 is 0. The molecule has 0 aromatic heterocycles. The molecule has 0 fully saturated rings. The second kappa shape index (κ2) is 6.61. The van der Waals surface area contributed by atoms with Crippen LogP contribution >= 0.6 is 0 Å². The van der Waals surface area contributed by atoms with E-state index in [1.165, 1.54) is 18.5 Å². The molecule has 0 unspecified atom stereocenters. The summed E-state index contributed by atoms with van der Waals surface area (Å²) in [6.45, 7) is 9.43. The molecule has 0 aromatic carbocycles. The number of hydrogen-bond donors (Lipinski definition) is 0. The predicted octanol–water partition coefficient (Wildman–Crippen LogP) is 3.16. The maximum Gasteiger partial charge on any atom is 0.0230 e. The second-order valence-corrected chi connectivity index (χ2v) is 3.70. The highest BCUT2D eigenvalue weighted by Gasteiger charge is 2.05. The van der Waals surface area contributed by atoms with E-state index in [-0.39, 0.29) is 0 Å². The van der Waals surface area contributed by atoms with E-state index >= 15 is 0 Å². The normalized spacial score (nSPS) is 21.1. The van der Waals surface area contributed by atoms with Crippen LogP contribution in [0.4, 0.5) is 0 Å². The number of hydrogen-bond acceptors (Lipinski definition) is 1. The van der Waals surface area contributed by atoms with Gasteiger partial charge in [0.1, 0.15) is 0 Å². The van der Waals surface area contributed by atoms with Gasteiger partial charge in [0.2, 0.25) is 0 Å². The van der Waals surface area contributed by atoms with Crippen LogP contribution in [0, 0.1) is 0 Å². The van der Waals surface area contributed by atoms with Crippen molar-refractivity contribution in [3.05, 3.63) is 36.5 Å². The minimum absolute atomic E-state index is 1.09. The topological polar surface area (TPSA) is 3.24 Å². The van der Waals surface area contributed by atoms with E-state index < -0.39 is 0 Å². The standard InChI is InChI=1S/C13H21N/c1-3-5-6-9-13-10-7-8-11-14(4-2)12-13/h3,7,9-10H,1,4-6,8,11-12H2,2H3/b13-9+. The lowest BCUT2D eigenvalue weighted by molar-refractivity contribution is 0.324. The first-order valence-electron chi connectivity index (χ1n) is 5.55. The summed E-state index contributed by atoms with van der Waals surface area (Å²) in [7, 11) is 0. The van der Waals surface area contributed by atoms with Gasteiger partial charge in [-0.2, -0.15) is 0 Å². The van der Waals surface area contributed by atoms with Crippen molar-refractivity contribution in [2.45, 2.75) is 26.2 Å². The van der Waals surface area contributed by atoms with E-state index in [2.05, 4.69) is 36.6 Å². The lowest BCUT2D eigenvalue weighted by atomic mass is 10.1. The first-order valence-corrected chi connectivity index (χ1v) is 5.55. The zero-order valence-corrected chi connectivity index (χ0v) is 9.21. The first kappa shape index (κ1) is 11.3. The molecule has 0 spiro atoms. The fourth-order valence-corrected chi connectivity index (χ4v) is 1.67. The van der Waals surface area contributed by atoms with Crippen molar-refractivity contribution in [1.29, 1.82) is 0 Å². The highest BCUT2D eigenvalue weighted by atomic mass is 15.1. The van der Waals surface area contributed by atoms with Gasteiger partial charge < -0.3 is 0 Å². The van der Waals surface area contributed by atoms with Crippen molar-refractivity contribution in [3.8, 4) is 0 Å². The number of rotatable bonds is 4. The van der Waals surface area contributed by atoms with Crippen molar-refractivity contribution >= 4 is 0 Å². The number of nitrogens with zero attached hydrogens (tertiary/aromatic N) is 1. The van der Waals surface area contributed by atoms with Crippen molar-refractivity contribution in [3.63, 3.8) is 0 Å². The molecule has 78 valence electrons. The third-order valence-corrected chi connectivity index (χ3v) is 2.57. The molecule has 1 nitrogen and oxygen atoms in total. The molecule has 1 rings (SSSR count). The summed E-state index contributed by atoms with van der Waals surface area (Å²) in [6, 6.07) is 0. The predicted molar refractivity (Wildman–Crippen MR) is 63.4 cm³/mol.